The summed E-state index contributed by atoms with van der Waals surface area (Å²) in [5.41, 5.74) is 0.523. The van der Waals surface area contributed by atoms with Crippen molar-refractivity contribution in [3.63, 3.8) is 0 Å². The maximum Gasteiger partial charge on any atom is 0.00471 e. The van der Waals surface area contributed by atoms with Gasteiger partial charge in [-0.05, 0) is 71.4 Å². The van der Waals surface area contributed by atoms with E-state index in [9.17, 15) is 0 Å². The Hall–Kier alpha value is -0.120. The second-order valence-electron chi connectivity index (χ2n) is 7.36. The molecule has 0 saturated heterocycles. The first-order valence-electron chi connectivity index (χ1n) is 8.51. The molecule has 1 N–H and O–H groups in total. The standard InChI is InChI=1S/C17H37N3/c1-6-18-14-17(10-8-16(2)9-11-17)15-20(5)13-7-12-19(3)4/h16,18H,6-15H2,1-5H3. The smallest absolute Gasteiger partial charge is 0.00471 e. The molecule has 0 unspecified atom stereocenters. The van der Waals surface area contributed by atoms with Crippen molar-refractivity contribution >= 4 is 0 Å². The molecule has 3 nitrogen and oxygen atoms in total. The van der Waals surface area contributed by atoms with Crippen LogP contribution in [0.15, 0.2) is 0 Å². The minimum atomic E-state index is 0.523. The molecule has 0 amide bonds. The lowest BCUT2D eigenvalue weighted by Crippen LogP contribution is -2.45. The molecule has 1 fully saturated rings. The fourth-order valence-electron chi connectivity index (χ4n) is 3.46. The van der Waals surface area contributed by atoms with Gasteiger partial charge < -0.3 is 15.1 Å². The van der Waals surface area contributed by atoms with Gasteiger partial charge in [0.15, 0.2) is 0 Å². The van der Waals surface area contributed by atoms with Crippen molar-refractivity contribution in [2.45, 2.75) is 46.0 Å². The summed E-state index contributed by atoms with van der Waals surface area (Å²) in [6, 6.07) is 0. The fourth-order valence-corrected chi connectivity index (χ4v) is 3.46. The molecule has 0 aromatic heterocycles. The summed E-state index contributed by atoms with van der Waals surface area (Å²) < 4.78 is 0. The van der Waals surface area contributed by atoms with Crippen molar-refractivity contribution in [3.05, 3.63) is 0 Å². The molecular weight excluding hydrogens is 246 g/mol. The molecule has 3 heteroatoms. The molecule has 1 saturated carbocycles. The molecule has 20 heavy (non-hydrogen) atoms. The van der Waals surface area contributed by atoms with Gasteiger partial charge in [-0.25, -0.2) is 0 Å². The lowest BCUT2D eigenvalue weighted by molar-refractivity contribution is 0.0979. The van der Waals surface area contributed by atoms with Crippen LogP contribution in [0.1, 0.15) is 46.0 Å². The Morgan fingerprint density at radius 3 is 2.30 bits per heavy atom. The number of nitrogens with zero attached hydrogens (tertiary/aromatic N) is 2. The summed E-state index contributed by atoms with van der Waals surface area (Å²) >= 11 is 0. The van der Waals surface area contributed by atoms with Crippen molar-refractivity contribution in [1.29, 1.82) is 0 Å². The SMILES string of the molecule is CCNCC1(CN(C)CCCN(C)C)CCC(C)CC1. The molecule has 0 aromatic carbocycles. The van der Waals surface area contributed by atoms with Crippen molar-refractivity contribution in [2.75, 3.05) is 53.9 Å². The zero-order valence-corrected chi connectivity index (χ0v) is 14.5. The highest BCUT2D eigenvalue weighted by atomic mass is 15.1. The van der Waals surface area contributed by atoms with Crippen LogP contribution in [0.4, 0.5) is 0 Å². The monoisotopic (exact) mass is 283 g/mol. The third-order valence-electron chi connectivity index (χ3n) is 4.84. The van der Waals surface area contributed by atoms with E-state index < -0.39 is 0 Å². The van der Waals surface area contributed by atoms with E-state index in [1.165, 1.54) is 58.3 Å². The topological polar surface area (TPSA) is 18.5 Å². The second kappa shape index (κ2) is 9.01. The molecule has 1 aliphatic rings. The highest BCUT2D eigenvalue weighted by molar-refractivity contribution is 4.88. The second-order valence-corrected chi connectivity index (χ2v) is 7.36. The third kappa shape index (κ3) is 6.55. The molecule has 0 aliphatic heterocycles. The van der Waals surface area contributed by atoms with E-state index in [4.69, 9.17) is 0 Å². The molecule has 120 valence electrons. The van der Waals surface area contributed by atoms with E-state index >= 15 is 0 Å². The molecular formula is C17H37N3. The molecule has 0 aromatic rings. The van der Waals surface area contributed by atoms with Crippen LogP contribution >= 0.6 is 0 Å². The van der Waals surface area contributed by atoms with E-state index in [1.54, 1.807) is 0 Å². The molecule has 0 radical (unpaired) electrons. The van der Waals surface area contributed by atoms with Crippen molar-refractivity contribution < 1.29 is 0 Å². The quantitative estimate of drug-likeness (QED) is 0.702. The number of nitrogens with one attached hydrogen (secondary N) is 1. The van der Waals surface area contributed by atoms with Crippen LogP contribution in [0.3, 0.4) is 0 Å². The van der Waals surface area contributed by atoms with Gasteiger partial charge in [-0.2, -0.15) is 0 Å². The highest BCUT2D eigenvalue weighted by Gasteiger charge is 2.34. The van der Waals surface area contributed by atoms with Crippen molar-refractivity contribution in [1.82, 2.24) is 15.1 Å². The first kappa shape index (κ1) is 17.9. The predicted octanol–water partition coefficient (Wildman–Crippen LogP) is 2.68. The van der Waals surface area contributed by atoms with E-state index in [0.29, 0.717) is 5.41 Å². The van der Waals surface area contributed by atoms with Crippen LogP contribution in [0, 0.1) is 11.3 Å². The average molecular weight is 284 g/mol. The van der Waals surface area contributed by atoms with Gasteiger partial charge in [-0.15, -0.1) is 0 Å². The Labute approximate surface area is 127 Å². The number of hydrogen-bond acceptors (Lipinski definition) is 3. The van der Waals surface area contributed by atoms with E-state index in [-0.39, 0.29) is 0 Å². The number of rotatable bonds is 9. The summed E-state index contributed by atoms with van der Waals surface area (Å²) in [4.78, 5) is 4.85. The molecule has 0 spiro atoms. The van der Waals surface area contributed by atoms with Crippen LogP contribution in [0.25, 0.3) is 0 Å². The highest BCUT2D eigenvalue weighted by Crippen LogP contribution is 2.39. The van der Waals surface area contributed by atoms with Crippen LogP contribution in [0.2, 0.25) is 0 Å². The van der Waals surface area contributed by atoms with Gasteiger partial charge in [0.25, 0.3) is 0 Å². The predicted molar refractivity (Wildman–Crippen MR) is 89.3 cm³/mol. The molecule has 0 bridgehead atoms. The first-order valence-corrected chi connectivity index (χ1v) is 8.51. The minimum Gasteiger partial charge on any atom is -0.316 e. The number of hydrogen-bond donors (Lipinski definition) is 1. The van der Waals surface area contributed by atoms with Crippen LogP contribution in [0.5, 0.6) is 0 Å². The summed E-state index contributed by atoms with van der Waals surface area (Å²) in [6.45, 7) is 10.6. The summed E-state index contributed by atoms with van der Waals surface area (Å²) in [7, 11) is 6.63. The summed E-state index contributed by atoms with van der Waals surface area (Å²) in [5.74, 6) is 0.934. The Kier molecular flexibility index (Phi) is 8.08. The molecule has 1 aliphatic carbocycles. The first-order chi connectivity index (χ1) is 9.47. The Morgan fingerprint density at radius 1 is 1.10 bits per heavy atom. The summed E-state index contributed by atoms with van der Waals surface area (Å²) in [6.07, 6.45) is 6.91. The molecule has 0 atom stereocenters. The zero-order valence-electron chi connectivity index (χ0n) is 14.5. The van der Waals surface area contributed by atoms with E-state index in [0.717, 1.165) is 12.5 Å². The van der Waals surface area contributed by atoms with Gasteiger partial charge in [-0.3, -0.25) is 0 Å². The third-order valence-corrected chi connectivity index (χ3v) is 4.84. The van der Waals surface area contributed by atoms with Gasteiger partial charge >= 0.3 is 0 Å². The Morgan fingerprint density at radius 2 is 1.75 bits per heavy atom. The van der Waals surface area contributed by atoms with Crippen molar-refractivity contribution in [3.8, 4) is 0 Å². The van der Waals surface area contributed by atoms with Gasteiger partial charge in [0, 0.05) is 13.1 Å². The maximum atomic E-state index is 3.62. The Bertz CT molecular complexity index is 239. The Balaban J connectivity index is 2.43. The fraction of sp³-hybridized carbons (Fsp3) is 1.00. The van der Waals surface area contributed by atoms with E-state index in [1.807, 2.05) is 0 Å². The maximum absolute atomic E-state index is 3.62. The largest absolute Gasteiger partial charge is 0.316 e. The van der Waals surface area contributed by atoms with Crippen molar-refractivity contribution in [2.24, 2.45) is 11.3 Å². The molecule has 0 heterocycles. The average Bonchev–Trinajstić information content (AvgIpc) is 2.39. The normalized spacial score (nSPS) is 27.4. The minimum absolute atomic E-state index is 0.523. The van der Waals surface area contributed by atoms with Crippen LogP contribution in [-0.4, -0.2) is 63.7 Å². The lowest BCUT2D eigenvalue weighted by atomic mass is 9.70. The lowest BCUT2D eigenvalue weighted by Gasteiger charge is -2.42. The van der Waals surface area contributed by atoms with Gasteiger partial charge in [-0.1, -0.05) is 26.7 Å². The zero-order chi connectivity index (χ0) is 15.0. The van der Waals surface area contributed by atoms with Gasteiger partial charge in [0.2, 0.25) is 0 Å². The summed E-state index contributed by atoms with van der Waals surface area (Å²) in [5, 5.41) is 3.62. The molecule has 1 rings (SSSR count). The van der Waals surface area contributed by atoms with E-state index in [2.05, 4.69) is 50.1 Å². The van der Waals surface area contributed by atoms with Gasteiger partial charge in [0.1, 0.15) is 0 Å². The van der Waals surface area contributed by atoms with Crippen LogP contribution in [-0.2, 0) is 0 Å². The van der Waals surface area contributed by atoms with Gasteiger partial charge in [0.05, 0.1) is 0 Å². The van der Waals surface area contributed by atoms with Crippen LogP contribution < -0.4 is 5.32 Å².